The molecule has 0 aliphatic heterocycles. The predicted molar refractivity (Wildman–Crippen MR) is 92.2 cm³/mol. The molecule has 0 spiro atoms. The Hall–Kier alpha value is -2.63. The van der Waals surface area contributed by atoms with Gasteiger partial charge in [0.25, 0.3) is 5.56 Å². The Bertz CT molecular complexity index is 1080. The van der Waals surface area contributed by atoms with Crippen LogP contribution < -0.4 is 5.56 Å². The quantitative estimate of drug-likeness (QED) is 0.619. The molecule has 6 heteroatoms. The third kappa shape index (κ3) is 2.48. The zero-order valence-electron chi connectivity index (χ0n) is 12.5. The normalized spacial score (nSPS) is 12.8. The number of hydrogen-bond donors (Lipinski definition) is 1. The Morgan fingerprint density at radius 3 is 2.71 bits per heavy atom. The number of furan rings is 1. The van der Waals surface area contributed by atoms with E-state index in [0.29, 0.717) is 21.7 Å². The molecule has 0 amide bonds. The van der Waals surface area contributed by atoms with Gasteiger partial charge in [0.15, 0.2) is 0 Å². The topological polar surface area (TPSA) is 68.3 Å². The molecule has 4 rings (SSSR count). The fraction of sp³-hybridized carbons (Fsp3) is 0.111. The third-order valence-electron chi connectivity index (χ3n) is 3.98. The first-order valence-electron chi connectivity index (χ1n) is 7.44. The monoisotopic (exact) mass is 340 g/mol. The van der Waals surface area contributed by atoms with E-state index in [1.165, 1.54) is 10.9 Å². The minimum Gasteiger partial charge on any atom is -0.448 e. The first-order valence-corrected chi connectivity index (χ1v) is 7.81. The highest BCUT2D eigenvalue weighted by Gasteiger charge is 2.15. The van der Waals surface area contributed by atoms with Gasteiger partial charge in [0.05, 0.1) is 19.0 Å². The van der Waals surface area contributed by atoms with Crippen molar-refractivity contribution in [2.75, 3.05) is 0 Å². The van der Waals surface area contributed by atoms with E-state index in [-0.39, 0.29) is 17.7 Å². The summed E-state index contributed by atoms with van der Waals surface area (Å²) < 4.78 is 6.98. The Kier molecular flexibility index (Phi) is 3.59. The molecule has 1 N–H and O–H groups in total. The molecule has 0 saturated carbocycles. The molecule has 1 atom stereocenters. The first-order chi connectivity index (χ1) is 11.6. The van der Waals surface area contributed by atoms with E-state index in [2.05, 4.69) is 4.98 Å². The van der Waals surface area contributed by atoms with Crippen molar-refractivity contribution >= 4 is 33.7 Å². The summed E-state index contributed by atoms with van der Waals surface area (Å²) in [6.45, 7) is 0.0838. The minimum atomic E-state index is -0.844. The van der Waals surface area contributed by atoms with Gasteiger partial charge in [-0.25, -0.2) is 4.98 Å². The van der Waals surface area contributed by atoms with Gasteiger partial charge >= 0.3 is 0 Å². The second-order valence-corrected chi connectivity index (χ2v) is 5.98. The predicted octanol–water partition coefficient (Wildman–Crippen LogP) is 3.53. The van der Waals surface area contributed by atoms with E-state index >= 15 is 0 Å². The molecule has 1 unspecified atom stereocenters. The van der Waals surface area contributed by atoms with Gasteiger partial charge in [-0.05, 0) is 29.8 Å². The highest BCUT2D eigenvalue weighted by atomic mass is 35.5. The van der Waals surface area contributed by atoms with Gasteiger partial charge in [0.2, 0.25) is 5.58 Å². The lowest BCUT2D eigenvalue weighted by Crippen LogP contribution is -2.23. The second kappa shape index (κ2) is 5.78. The lowest BCUT2D eigenvalue weighted by Gasteiger charge is -2.12. The maximum Gasteiger partial charge on any atom is 0.297 e. The molecule has 120 valence electrons. The lowest BCUT2D eigenvalue weighted by molar-refractivity contribution is 0.155. The van der Waals surface area contributed by atoms with E-state index in [1.807, 2.05) is 18.2 Å². The highest BCUT2D eigenvalue weighted by Crippen LogP contribution is 2.24. The van der Waals surface area contributed by atoms with E-state index in [4.69, 9.17) is 16.0 Å². The molecule has 2 aromatic heterocycles. The molecule has 5 nitrogen and oxygen atoms in total. The molecule has 4 aromatic rings. The van der Waals surface area contributed by atoms with Gasteiger partial charge in [0.1, 0.15) is 11.1 Å². The van der Waals surface area contributed by atoms with Gasteiger partial charge in [-0.15, -0.1) is 0 Å². The van der Waals surface area contributed by atoms with E-state index in [0.717, 1.165) is 5.39 Å². The van der Waals surface area contributed by atoms with Crippen molar-refractivity contribution in [1.82, 2.24) is 9.55 Å². The Morgan fingerprint density at radius 2 is 1.92 bits per heavy atom. The molecule has 0 bridgehead atoms. The third-order valence-corrected chi connectivity index (χ3v) is 4.23. The largest absolute Gasteiger partial charge is 0.448 e. The smallest absolute Gasteiger partial charge is 0.297 e. The molecule has 24 heavy (non-hydrogen) atoms. The van der Waals surface area contributed by atoms with Gasteiger partial charge in [0, 0.05) is 10.4 Å². The van der Waals surface area contributed by atoms with Crippen LogP contribution in [0.3, 0.4) is 0 Å². The maximum absolute atomic E-state index is 12.6. The van der Waals surface area contributed by atoms with Gasteiger partial charge < -0.3 is 9.52 Å². The molecule has 0 aliphatic carbocycles. The summed E-state index contributed by atoms with van der Waals surface area (Å²) in [6, 6.07) is 14.2. The molecule has 0 fully saturated rings. The van der Waals surface area contributed by atoms with E-state index in [9.17, 15) is 9.90 Å². The lowest BCUT2D eigenvalue weighted by atomic mass is 10.1. The molecule has 0 aliphatic rings. The Labute approximate surface area is 141 Å². The Morgan fingerprint density at radius 1 is 1.17 bits per heavy atom. The standard InChI is InChI=1S/C18H13ClN2O3/c19-12-7-5-11(6-8-12)14(22)9-21-10-20-16-13-3-1-2-4-15(13)24-17(16)18(21)23/h1-8,10,14,22H,9H2. The molecule has 2 heterocycles. The van der Waals surface area contributed by atoms with Crippen molar-refractivity contribution in [3.05, 3.63) is 75.8 Å². The number of halogens is 1. The number of rotatable bonds is 3. The van der Waals surface area contributed by atoms with Crippen LogP contribution >= 0.6 is 11.6 Å². The van der Waals surface area contributed by atoms with Crippen molar-refractivity contribution in [3.63, 3.8) is 0 Å². The van der Waals surface area contributed by atoms with E-state index in [1.54, 1.807) is 30.3 Å². The van der Waals surface area contributed by atoms with Crippen molar-refractivity contribution in [1.29, 1.82) is 0 Å². The molecular weight excluding hydrogens is 328 g/mol. The number of aliphatic hydroxyl groups excluding tert-OH is 1. The summed E-state index contributed by atoms with van der Waals surface area (Å²) in [5, 5.41) is 11.7. The summed E-state index contributed by atoms with van der Waals surface area (Å²) in [5.74, 6) is 0. The van der Waals surface area contributed by atoms with Crippen LogP contribution in [0.15, 0.2) is 64.1 Å². The number of aromatic nitrogens is 2. The molecular formula is C18H13ClN2O3. The number of nitrogens with zero attached hydrogens (tertiary/aromatic N) is 2. The van der Waals surface area contributed by atoms with Crippen LogP contribution in [0.4, 0.5) is 0 Å². The fourth-order valence-corrected chi connectivity index (χ4v) is 2.85. The number of hydrogen-bond acceptors (Lipinski definition) is 4. The van der Waals surface area contributed by atoms with Gasteiger partial charge in [-0.3, -0.25) is 9.36 Å². The van der Waals surface area contributed by atoms with Crippen LogP contribution in [-0.4, -0.2) is 14.7 Å². The summed E-state index contributed by atoms with van der Waals surface area (Å²) in [4.78, 5) is 16.9. The number of aliphatic hydroxyl groups is 1. The van der Waals surface area contributed by atoms with Crippen LogP contribution in [-0.2, 0) is 6.54 Å². The van der Waals surface area contributed by atoms with Crippen LogP contribution in [0.25, 0.3) is 22.1 Å². The molecule has 0 radical (unpaired) electrons. The van der Waals surface area contributed by atoms with Crippen LogP contribution in [0.2, 0.25) is 5.02 Å². The van der Waals surface area contributed by atoms with Crippen LogP contribution in [0, 0.1) is 0 Å². The Balaban J connectivity index is 1.74. The molecule has 0 saturated heterocycles. The zero-order valence-corrected chi connectivity index (χ0v) is 13.3. The van der Waals surface area contributed by atoms with Crippen molar-refractivity contribution in [2.45, 2.75) is 12.6 Å². The average molecular weight is 341 g/mol. The van der Waals surface area contributed by atoms with E-state index < -0.39 is 6.10 Å². The highest BCUT2D eigenvalue weighted by molar-refractivity contribution is 6.30. The first kappa shape index (κ1) is 14.9. The van der Waals surface area contributed by atoms with Gasteiger partial charge in [-0.2, -0.15) is 0 Å². The SMILES string of the molecule is O=c1c2oc3ccccc3c2ncn1CC(O)c1ccc(Cl)cc1. The van der Waals surface area contributed by atoms with Crippen molar-refractivity contribution in [3.8, 4) is 0 Å². The van der Waals surface area contributed by atoms with Crippen molar-refractivity contribution < 1.29 is 9.52 Å². The molecule has 2 aromatic carbocycles. The average Bonchev–Trinajstić information content (AvgIpc) is 2.97. The summed E-state index contributed by atoms with van der Waals surface area (Å²) in [6.07, 6.45) is 0.592. The fourth-order valence-electron chi connectivity index (χ4n) is 2.72. The van der Waals surface area contributed by atoms with Crippen molar-refractivity contribution in [2.24, 2.45) is 0 Å². The van der Waals surface area contributed by atoms with Crippen LogP contribution in [0.5, 0.6) is 0 Å². The summed E-state index contributed by atoms with van der Waals surface area (Å²) in [7, 11) is 0. The van der Waals surface area contributed by atoms with Crippen LogP contribution in [0.1, 0.15) is 11.7 Å². The summed E-state index contributed by atoms with van der Waals surface area (Å²) in [5.41, 5.74) is 1.71. The maximum atomic E-state index is 12.6. The summed E-state index contributed by atoms with van der Waals surface area (Å²) >= 11 is 5.85. The number of benzene rings is 2. The number of fused-ring (bicyclic) bond motifs is 3. The second-order valence-electron chi connectivity index (χ2n) is 5.55. The number of para-hydroxylation sites is 1. The van der Waals surface area contributed by atoms with Gasteiger partial charge in [-0.1, -0.05) is 35.9 Å². The zero-order chi connectivity index (χ0) is 16.7. The minimum absolute atomic E-state index is 0.0838.